The molecule has 1 atom stereocenters. The van der Waals surface area contributed by atoms with Crippen molar-refractivity contribution < 1.29 is 14.6 Å². The third-order valence-electron chi connectivity index (χ3n) is 2.57. The molecule has 2 rings (SSSR count). The molecule has 15 heavy (non-hydrogen) atoms. The minimum absolute atomic E-state index is 0.142. The number of aliphatic hydroxyl groups excluding tert-OH is 1. The molecule has 4 heteroatoms. The van der Waals surface area contributed by atoms with E-state index in [0.29, 0.717) is 11.3 Å². The summed E-state index contributed by atoms with van der Waals surface area (Å²) in [4.78, 5) is 15.6. The highest BCUT2D eigenvalue weighted by atomic mass is 16.5. The minimum Gasteiger partial charge on any atom is -0.495 e. The molecule has 4 nitrogen and oxygen atoms in total. The molecule has 1 N–H and O–H groups in total. The van der Waals surface area contributed by atoms with E-state index in [2.05, 4.69) is 4.98 Å². The van der Waals surface area contributed by atoms with Crippen molar-refractivity contribution in [3.63, 3.8) is 0 Å². The monoisotopic (exact) mass is 207 g/mol. The fourth-order valence-electron chi connectivity index (χ4n) is 1.46. The van der Waals surface area contributed by atoms with Gasteiger partial charge in [-0.1, -0.05) is 0 Å². The molecule has 80 valence electrons. The zero-order valence-corrected chi connectivity index (χ0v) is 8.51. The molecule has 0 amide bonds. The van der Waals surface area contributed by atoms with E-state index in [1.54, 1.807) is 6.07 Å². The van der Waals surface area contributed by atoms with Crippen molar-refractivity contribution >= 4 is 5.78 Å². The average molecular weight is 207 g/mol. The molecule has 0 bridgehead atoms. The molecule has 0 saturated heterocycles. The van der Waals surface area contributed by atoms with Gasteiger partial charge in [-0.2, -0.15) is 0 Å². The Morgan fingerprint density at radius 3 is 2.93 bits per heavy atom. The average Bonchev–Trinajstić information content (AvgIpc) is 3.11. The van der Waals surface area contributed by atoms with Crippen molar-refractivity contribution in [1.29, 1.82) is 0 Å². The van der Waals surface area contributed by atoms with Crippen molar-refractivity contribution in [1.82, 2.24) is 4.98 Å². The van der Waals surface area contributed by atoms with Crippen LogP contribution in [0.15, 0.2) is 18.5 Å². The van der Waals surface area contributed by atoms with Gasteiger partial charge < -0.3 is 9.84 Å². The van der Waals surface area contributed by atoms with E-state index in [-0.39, 0.29) is 11.7 Å². The highest BCUT2D eigenvalue weighted by Gasteiger charge is 2.35. The fraction of sp³-hybridized carbons (Fsp3) is 0.455. The predicted molar refractivity (Wildman–Crippen MR) is 53.9 cm³/mol. The van der Waals surface area contributed by atoms with Gasteiger partial charge in [0.25, 0.3) is 0 Å². The van der Waals surface area contributed by atoms with E-state index in [4.69, 9.17) is 4.74 Å². The summed E-state index contributed by atoms with van der Waals surface area (Å²) >= 11 is 0. The third kappa shape index (κ3) is 2.15. The van der Waals surface area contributed by atoms with E-state index in [1.807, 2.05) is 0 Å². The number of hydrogen-bond acceptors (Lipinski definition) is 4. The standard InChI is InChI=1S/C11H13NO3/c1-15-9-4-8(5-12-6-9)11(14)10(13)7-2-3-7/h4-7,10,13H,2-3H2,1H3. The number of ether oxygens (including phenoxy) is 1. The third-order valence-corrected chi connectivity index (χ3v) is 2.57. The largest absolute Gasteiger partial charge is 0.495 e. The van der Waals surface area contributed by atoms with E-state index in [9.17, 15) is 9.90 Å². The van der Waals surface area contributed by atoms with E-state index in [1.165, 1.54) is 19.5 Å². The number of aromatic nitrogens is 1. The quantitative estimate of drug-likeness (QED) is 0.749. The van der Waals surface area contributed by atoms with E-state index in [0.717, 1.165) is 12.8 Å². The Kier molecular flexibility index (Phi) is 2.68. The van der Waals surface area contributed by atoms with Crippen LogP contribution < -0.4 is 4.74 Å². The Balaban J connectivity index is 2.16. The summed E-state index contributed by atoms with van der Waals surface area (Å²) in [6.45, 7) is 0. The van der Waals surface area contributed by atoms with Crippen molar-refractivity contribution in [3.8, 4) is 5.75 Å². The number of carbonyl (C=O) groups excluding carboxylic acids is 1. The van der Waals surface area contributed by atoms with Crippen LogP contribution in [-0.4, -0.2) is 29.1 Å². The van der Waals surface area contributed by atoms with Crippen LogP contribution in [0.5, 0.6) is 5.75 Å². The van der Waals surface area contributed by atoms with E-state index >= 15 is 0 Å². The van der Waals surface area contributed by atoms with Crippen LogP contribution in [0.3, 0.4) is 0 Å². The summed E-state index contributed by atoms with van der Waals surface area (Å²) in [7, 11) is 1.52. The lowest BCUT2D eigenvalue weighted by molar-refractivity contribution is 0.0703. The van der Waals surface area contributed by atoms with Gasteiger partial charge in [0.1, 0.15) is 11.9 Å². The van der Waals surface area contributed by atoms with Crippen molar-refractivity contribution in [2.45, 2.75) is 18.9 Å². The summed E-state index contributed by atoms with van der Waals surface area (Å²) in [6.07, 6.45) is 3.98. The van der Waals surface area contributed by atoms with Crippen molar-refractivity contribution in [3.05, 3.63) is 24.0 Å². The number of methoxy groups -OCH3 is 1. The van der Waals surface area contributed by atoms with Gasteiger partial charge in [0.05, 0.1) is 13.3 Å². The minimum atomic E-state index is -0.876. The van der Waals surface area contributed by atoms with Gasteiger partial charge in [0.15, 0.2) is 5.78 Å². The maximum atomic E-state index is 11.7. The van der Waals surface area contributed by atoms with Gasteiger partial charge in [0.2, 0.25) is 0 Å². The second-order valence-electron chi connectivity index (χ2n) is 3.76. The molecule has 1 heterocycles. The number of pyridine rings is 1. The summed E-state index contributed by atoms with van der Waals surface area (Å²) in [5, 5.41) is 9.66. The summed E-state index contributed by atoms with van der Waals surface area (Å²) in [6, 6.07) is 1.60. The second kappa shape index (κ2) is 3.98. The number of carbonyl (C=O) groups is 1. The fourth-order valence-corrected chi connectivity index (χ4v) is 1.46. The highest BCUT2D eigenvalue weighted by molar-refractivity contribution is 5.99. The molecule has 1 unspecified atom stereocenters. The van der Waals surface area contributed by atoms with Crippen LogP contribution in [0.4, 0.5) is 0 Å². The zero-order chi connectivity index (χ0) is 10.8. The Hall–Kier alpha value is -1.42. The molecule has 0 aromatic carbocycles. The Morgan fingerprint density at radius 1 is 1.60 bits per heavy atom. The molecule has 0 radical (unpaired) electrons. The maximum absolute atomic E-state index is 11.7. The van der Waals surface area contributed by atoms with Gasteiger partial charge in [0, 0.05) is 11.8 Å². The topological polar surface area (TPSA) is 59.4 Å². The Morgan fingerprint density at radius 2 is 2.33 bits per heavy atom. The van der Waals surface area contributed by atoms with Gasteiger partial charge in [-0.05, 0) is 24.8 Å². The first-order chi connectivity index (χ1) is 7.22. The molecular formula is C11H13NO3. The van der Waals surface area contributed by atoms with Crippen molar-refractivity contribution in [2.75, 3.05) is 7.11 Å². The number of Topliss-reactive ketones (excluding diaryl/α,β-unsaturated/α-hetero) is 1. The molecule has 1 aliphatic rings. The summed E-state index contributed by atoms with van der Waals surface area (Å²) < 4.78 is 4.96. The van der Waals surface area contributed by atoms with Gasteiger partial charge in [-0.15, -0.1) is 0 Å². The van der Waals surface area contributed by atoms with Crippen LogP contribution >= 0.6 is 0 Å². The molecule has 1 aromatic heterocycles. The Labute approximate surface area is 87.9 Å². The van der Waals surface area contributed by atoms with Crippen LogP contribution in [0.2, 0.25) is 0 Å². The zero-order valence-electron chi connectivity index (χ0n) is 8.51. The Bertz CT molecular complexity index is 374. The smallest absolute Gasteiger partial charge is 0.193 e. The molecule has 0 spiro atoms. The lowest BCUT2D eigenvalue weighted by Crippen LogP contribution is -2.22. The van der Waals surface area contributed by atoms with Crippen LogP contribution in [0.1, 0.15) is 23.2 Å². The first kappa shape index (κ1) is 10.1. The maximum Gasteiger partial charge on any atom is 0.193 e. The van der Waals surface area contributed by atoms with E-state index < -0.39 is 6.10 Å². The number of nitrogens with zero attached hydrogens (tertiary/aromatic N) is 1. The van der Waals surface area contributed by atoms with Gasteiger partial charge >= 0.3 is 0 Å². The number of hydrogen-bond donors (Lipinski definition) is 1. The molecule has 0 aliphatic heterocycles. The number of rotatable bonds is 4. The van der Waals surface area contributed by atoms with Crippen LogP contribution in [-0.2, 0) is 0 Å². The lowest BCUT2D eigenvalue weighted by atomic mass is 10.0. The molecule has 1 saturated carbocycles. The van der Waals surface area contributed by atoms with Crippen LogP contribution in [0.25, 0.3) is 0 Å². The molecule has 1 aromatic rings. The number of aliphatic hydroxyl groups is 1. The first-order valence-corrected chi connectivity index (χ1v) is 4.93. The molecular weight excluding hydrogens is 194 g/mol. The SMILES string of the molecule is COc1cncc(C(=O)C(O)C2CC2)c1. The predicted octanol–water partition coefficient (Wildman–Crippen LogP) is 1.04. The van der Waals surface area contributed by atoms with Crippen molar-refractivity contribution in [2.24, 2.45) is 5.92 Å². The van der Waals surface area contributed by atoms with Gasteiger partial charge in [-0.25, -0.2) is 0 Å². The first-order valence-electron chi connectivity index (χ1n) is 4.93. The van der Waals surface area contributed by atoms with Crippen LogP contribution in [0, 0.1) is 5.92 Å². The number of ketones is 1. The molecule has 1 aliphatic carbocycles. The normalized spacial score (nSPS) is 17.2. The summed E-state index contributed by atoms with van der Waals surface area (Å²) in [5.74, 6) is 0.413. The lowest BCUT2D eigenvalue weighted by Gasteiger charge is -2.08. The second-order valence-corrected chi connectivity index (χ2v) is 3.76. The van der Waals surface area contributed by atoms with Gasteiger partial charge in [-0.3, -0.25) is 9.78 Å². The molecule has 1 fully saturated rings. The summed E-state index contributed by atoms with van der Waals surface area (Å²) in [5.41, 5.74) is 0.411. The highest BCUT2D eigenvalue weighted by Crippen LogP contribution is 2.34.